The van der Waals surface area contributed by atoms with Crippen LogP contribution in [0.4, 0.5) is 5.69 Å². The summed E-state index contributed by atoms with van der Waals surface area (Å²) in [5.41, 5.74) is 3.37. The fraction of sp³-hybridized carbons (Fsp3) is 0.182. The van der Waals surface area contributed by atoms with Crippen LogP contribution in [0, 0.1) is 0 Å². The highest BCUT2D eigenvalue weighted by Crippen LogP contribution is 2.29. The van der Waals surface area contributed by atoms with Gasteiger partial charge in [-0.05, 0) is 60.7 Å². The van der Waals surface area contributed by atoms with Gasteiger partial charge in [-0.25, -0.2) is 13.4 Å². The highest BCUT2D eigenvalue weighted by molar-refractivity contribution is 7.91. The van der Waals surface area contributed by atoms with Crippen molar-refractivity contribution < 1.29 is 13.2 Å². The number of para-hydroxylation sites is 2. The van der Waals surface area contributed by atoms with Crippen molar-refractivity contribution in [2.75, 3.05) is 11.9 Å². The van der Waals surface area contributed by atoms with Gasteiger partial charge in [0, 0.05) is 17.8 Å². The molecule has 4 aromatic rings. The van der Waals surface area contributed by atoms with Gasteiger partial charge in [-0.15, -0.1) is 11.3 Å². The zero-order valence-corrected chi connectivity index (χ0v) is 18.1. The Morgan fingerprint density at radius 2 is 1.90 bits per heavy atom. The second-order valence-corrected chi connectivity index (χ2v) is 10.4. The lowest BCUT2D eigenvalue weighted by Crippen LogP contribution is -2.42. The lowest BCUT2D eigenvalue weighted by Gasteiger charge is -2.22. The number of hydrogen-bond acceptors (Lipinski definition) is 5. The lowest BCUT2D eigenvalue weighted by atomic mass is 10.1. The number of imidazole rings is 1. The van der Waals surface area contributed by atoms with Crippen LogP contribution in [-0.2, 0) is 14.8 Å². The molecule has 5 rings (SSSR count). The number of H-pyrrole nitrogens is 1. The van der Waals surface area contributed by atoms with Gasteiger partial charge >= 0.3 is 0 Å². The Bertz CT molecular complexity index is 1300. The quantitative estimate of drug-likeness (QED) is 0.477. The van der Waals surface area contributed by atoms with E-state index >= 15 is 0 Å². The number of aromatic amines is 1. The van der Waals surface area contributed by atoms with Gasteiger partial charge in [0.05, 0.1) is 11.0 Å². The zero-order valence-electron chi connectivity index (χ0n) is 16.5. The molecule has 1 amide bonds. The summed E-state index contributed by atoms with van der Waals surface area (Å²) in [7, 11) is -3.66. The summed E-state index contributed by atoms with van der Waals surface area (Å²) < 4.78 is 27.4. The number of anilines is 1. The molecule has 0 saturated carbocycles. The molecule has 31 heavy (non-hydrogen) atoms. The first kappa shape index (κ1) is 19.9. The van der Waals surface area contributed by atoms with Crippen molar-refractivity contribution in [3.63, 3.8) is 0 Å². The molecule has 3 heterocycles. The van der Waals surface area contributed by atoms with E-state index in [0.717, 1.165) is 22.4 Å². The minimum absolute atomic E-state index is 0.266. The molecule has 0 spiro atoms. The van der Waals surface area contributed by atoms with E-state index in [-0.39, 0.29) is 10.1 Å². The number of amides is 1. The molecule has 2 N–H and O–H groups in total. The highest BCUT2D eigenvalue weighted by atomic mass is 32.2. The molecule has 1 aliphatic rings. The number of aromatic nitrogens is 2. The number of nitrogens with one attached hydrogen (secondary N) is 2. The minimum atomic E-state index is -3.66. The molecule has 1 saturated heterocycles. The Morgan fingerprint density at radius 1 is 1.10 bits per heavy atom. The zero-order chi connectivity index (χ0) is 21.4. The summed E-state index contributed by atoms with van der Waals surface area (Å²) in [4.78, 5) is 20.7. The molecule has 1 aliphatic heterocycles. The summed E-state index contributed by atoms with van der Waals surface area (Å²) >= 11 is 1.17. The number of sulfonamides is 1. The summed E-state index contributed by atoms with van der Waals surface area (Å²) in [6.45, 7) is 0.351. The predicted octanol–water partition coefficient (Wildman–Crippen LogP) is 4.08. The molecular weight excluding hydrogens is 432 g/mol. The molecule has 2 aromatic carbocycles. The van der Waals surface area contributed by atoms with Crippen LogP contribution in [-0.4, -0.2) is 41.2 Å². The standard InChI is InChI=1S/C22H20N4O3S2/c27-22(19-7-3-13-26(19)31(28,29)20-8-4-14-30-20)23-16-11-9-15(10-12-16)21-24-17-5-1-2-6-18(17)25-21/h1-2,4-6,8-12,14,19H,3,7,13H2,(H,23,27)(H,24,25). The van der Waals surface area contributed by atoms with Crippen molar-refractivity contribution in [1.82, 2.24) is 14.3 Å². The van der Waals surface area contributed by atoms with Crippen molar-refractivity contribution in [2.45, 2.75) is 23.1 Å². The predicted molar refractivity (Wildman–Crippen MR) is 121 cm³/mol. The number of benzene rings is 2. The van der Waals surface area contributed by atoms with Gasteiger partial charge in [-0.1, -0.05) is 18.2 Å². The maximum Gasteiger partial charge on any atom is 0.253 e. The molecule has 7 nitrogen and oxygen atoms in total. The van der Waals surface area contributed by atoms with E-state index in [9.17, 15) is 13.2 Å². The van der Waals surface area contributed by atoms with Crippen molar-refractivity contribution in [2.24, 2.45) is 0 Å². The minimum Gasteiger partial charge on any atom is -0.338 e. The second-order valence-electron chi connectivity index (χ2n) is 7.38. The van der Waals surface area contributed by atoms with Crippen LogP contribution >= 0.6 is 11.3 Å². The van der Waals surface area contributed by atoms with Gasteiger partial charge < -0.3 is 10.3 Å². The maximum atomic E-state index is 12.9. The third-order valence-electron chi connectivity index (χ3n) is 5.38. The Morgan fingerprint density at radius 3 is 2.65 bits per heavy atom. The molecule has 158 valence electrons. The van der Waals surface area contributed by atoms with Crippen molar-refractivity contribution in [1.29, 1.82) is 0 Å². The highest BCUT2D eigenvalue weighted by Gasteiger charge is 2.39. The number of nitrogens with zero attached hydrogens (tertiary/aromatic N) is 2. The van der Waals surface area contributed by atoms with Gasteiger partial charge in [0.15, 0.2) is 0 Å². The average molecular weight is 453 g/mol. The van der Waals surface area contributed by atoms with Crippen LogP contribution in [0.1, 0.15) is 12.8 Å². The van der Waals surface area contributed by atoms with Crippen molar-refractivity contribution >= 4 is 44.0 Å². The Labute approximate surface area is 183 Å². The van der Waals surface area contributed by atoms with E-state index in [1.54, 1.807) is 29.6 Å². The van der Waals surface area contributed by atoms with E-state index in [0.29, 0.717) is 25.1 Å². The molecule has 2 aromatic heterocycles. The Kier molecular flexibility index (Phi) is 5.09. The van der Waals surface area contributed by atoms with E-state index in [2.05, 4.69) is 15.3 Å². The summed E-state index contributed by atoms with van der Waals surface area (Å²) in [5.74, 6) is 0.442. The van der Waals surface area contributed by atoms with Gasteiger partial charge in [0.1, 0.15) is 16.1 Å². The molecule has 9 heteroatoms. The molecule has 1 unspecified atom stereocenters. The van der Waals surface area contributed by atoms with E-state index in [1.807, 2.05) is 36.4 Å². The molecule has 0 aliphatic carbocycles. The molecular formula is C22H20N4O3S2. The van der Waals surface area contributed by atoms with E-state index in [1.165, 1.54) is 15.6 Å². The first-order chi connectivity index (χ1) is 15.0. The third kappa shape index (κ3) is 3.76. The monoisotopic (exact) mass is 452 g/mol. The first-order valence-corrected chi connectivity index (χ1v) is 12.3. The SMILES string of the molecule is O=C(Nc1ccc(-c2nc3ccccc3[nH]2)cc1)C1CCCN1S(=O)(=O)c1cccs1. The summed E-state index contributed by atoms with van der Waals surface area (Å²) in [6, 6.07) is 17.7. The maximum absolute atomic E-state index is 12.9. The number of fused-ring (bicyclic) bond motifs is 1. The number of rotatable bonds is 5. The Hall–Kier alpha value is -3.01. The van der Waals surface area contributed by atoms with Crippen molar-refractivity contribution in [3.05, 3.63) is 66.0 Å². The van der Waals surface area contributed by atoms with Crippen LogP contribution < -0.4 is 5.32 Å². The van der Waals surface area contributed by atoms with Crippen molar-refractivity contribution in [3.8, 4) is 11.4 Å². The number of carbonyl (C=O) groups is 1. The largest absolute Gasteiger partial charge is 0.338 e. The summed E-state index contributed by atoms with van der Waals surface area (Å²) in [6.07, 6.45) is 1.17. The second kappa shape index (κ2) is 7.92. The van der Waals surface area contributed by atoms with Gasteiger partial charge in [0.2, 0.25) is 5.91 Å². The summed E-state index contributed by atoms with van der Waals surface area (Å²) in [5, 5.41) is 4.59. The smallest absolute Gasteiger partial charge is 0.253 e. The molecule has 0 radical (unpaired) electrons. The van der Waals surface area contributed by atoms with Gasteiger partial charge in [-0.3, -0.25) is 4.79 Å². The molecule has 0 bridgehead atoms. The van der Waals surface area contributed by atoms with Gasteiger partial charge in [0.25, 0.3) is 10.0 Å². The van der Waals surface area contributed by atoms with Crippen LogP contribution in [0.15, 0.2) is 70.3 Å². The van der Waals surface area contributed by atoms with E-state index < -0.39 is 16.1 Å². The van der Waals surface area contributed by atoms with Gasteiger partial charge in [-0.2, -0.15) is 4.31 Å². The number of thiophene rings is 1. The Balaban J connectivity index is 1.32. The lowest BCUT2D eigenvalue weighted by molar-refractivity contribution is -0.119. The molecule has 1 fully saturated rings. The normalized spacial score (nSPS) is 17.2. The topological polar surface area (TPSA) is 95.2 Å². The third-order valence-corrected chi connectivity index (χ3v) is 8.66. The number of hydrogen-bond donors (Lipinski definition) is 2. The first-order valence-electron chi connectivity index (χ1n) is 9.94. The van der Waals surface area contributed by atoms with E-state index in [4.69, 9.17) is 0 Å². The fourth-order valence-corrected chi connectivity index (χ4v) is 6.62. The molecule has 1 atom stereocenters. The number of carbonyl (C=O) groups excluding carboxylic acids is 1. The average Bonchev–Trinajstić information content (AvgIpc) is 3.54. The van der Waals surface area contributed by atoms with Crippen LogP contribution in [0.25, 0.3) is 22.4 Å². The van der Waals surface area contributed by atoms with Crippen LogP contribution in [0.3, 0.4) is 0 Å². The van der Waals surface area contributed by atoms with Crippen LogP contribution in [0.5, 0.6) is 0 Å². The van der Waals surface area contributed by atoms with Crippen LogP contribution in [0.2, 0.25) is 0 Å². The fourth-order valence-electron chi connectivity index (χ4n) is 3.84.